The van der Waals surface area contributed by atoms with Gasteiger partial charge in [-0.25, -0.2) is 0 Å². The van der Waals surface area contributed by atoms with Gasteiger partial charge in [0.15, 0.2) is 0 Å². The molecule has 0 bridgehead atoms. The van der Waals surface area contributed by atoms with Gasteiger partial charge in [0.25, 0.3) is 5.91 Å². The van der Waals surface area contributed by atoms with Crippen molar-refractivity contribution in [3.8, 4) is 0 Å². The lowest BCUT2D eigenvalue weighted by Crippen LogP contribution is -2.16. The highest BCUT2D eigenvalue weighted by molar-refractivity contribution is 5.90. The molecule has 0 atom stereocenters. The molecule has 0 aliphatic carbocycles. The van der Waals surface area contributed by atoms with Crippen LogP contribution in [0.1, 0.15) is 20.3 Å². The molecule has 0 aromatic carbocycles. The first-order valence-electron chi connectivity index (χ1n) is 3.26. The van der Waals surface area contributed by atoms with Gasteiger partial charge in [0.05, 0.1) is 0 Å². The highest BCUT2D eigenvalue weighted by Crippen LogP contribution is 2.08. The van der Waals surface area contributed by atoms with Crippen LogP contribution in [0.3, 0.4) is 0 Å². The lowest BCUT2D eigenvalue weighted by atomic mass is 10.2. The van der Waals surface area contributed by atoms with Crippen LogP contribution in [0.25, 0.3) is 0 Å². The molecule has 1 amide bonds. The molecule has 62 valence electrons. The maximum absolute atomic E-state index is 10.6. The fourth-order valence-corrected chi connectivity index (χ4v) is 0.558. The number of nitrogens with zero attached hydrogens (tertiary/aromatic N) is 1. The molecule has 0 aliphatic rings. The zero-order valence-corrected chi connectivity index (χ0v) is 6.76. The number of hydrogen-bond acceptors (Lipinski definition) is 3. The van der Waals surface area contributed by atoms with E-state index in [2.05, 4.69) is 16.7 Å². The highest BCUT2D eigenvalue weighted by Gasteiger charge is 2.09. The van der Waals surface area contributed by atoms with E-state index in [9.17, 15) is 4.79 Å². The molecule has 0 aliphatic heterocycles. The monoisotopic (exact) mass is 156 g/mol. The summed E-state index contributed by atoms with van der Waals surface area (Å²) < 4.78 is 0. The van der Waals surface area contributed by atoms with Crippen LogP contribution >= 0.6 is 0 Å². The maximum Gasteiger partial charge on any atom is 0.287 e. The van der Waals surface area contributed by atoms with Crippen molar-refractivity contribution in [2.24, 2.45) is 10.9 Å². The normalized spacial score (nSPS) is 11.8. The van der Waals surface area contributed by atoms with Crippen LogP contribution in [-0.4, -0.2) is 12.6 Å². The predicted molar refractivity (Wildman–Crippen MR) is 42.8 cm³/mol. The molecular weight excluding hydrogens is 144 g/mol. The molecule has 0 unspecified atom stereocenters. The van der Waals surface area contributed by atoms with Crippen LogP contribution in [0.5, 0.6) is 0 Å². The van der Waals surface area contributed by atoms with Crippen LogP contribution in [0, 0.1) is 0 Å². The number of carbonyl (C=O) groups is 1. The summed E-state index contributed by atoms with van der Waals surface area (Å²) in [6.45, 7) is 6.73. The largest absolute Gasteiger partial charge is 0.363 e. The fourth-order valence-electron chi connectivity index (χ4n) is 0.558. The number of carbonyl (C=O) groups excluding carboxylic acids is 1. The summed E-state index contributed by atoms with van der Waals surface area (Å²) in [5.74, 6) is -0.528. The van der Waals surface area contributed by atoms with Gasteiger partial charge in [-0.1, -0.05) is 12.1 Å². The average Bonchev–Trinajstić information content (AvgIpc) is 1.98. The number of amides is 1. The van der Waals surface area contributed by atoms with E-state index in [-0.39, 0.29) is 5.76 Å². The summed E-state index contributed by atoms with van der Waals surface area (Å²) in [5, 5.41) is 3.12. The fraction of sp³-hybridized carbons (Fsp3) is 0.429. The van der Waals surface area contributed by atoms with E-state index in [0.29, 0.717) is 6.42 Å². The maximum atomic E-state index is 10.6. The molecule has 4 nitrogen and oxygen atoms in total. The zero-order valence-electron chi connectivity index (χ0n) is 6.76. The van der Waals surface area contributed by atoms with Crippen molar-refractivity contribution < 1.29 is 9.63 Å². The summed E-state index contributed by atoms with van der Waals surface area (Å²) in [6, 6.07) is 0. The van der Waals surface area contributed by atoms with E-state index >= 15 is 0 Å². The van der Waals surface area contributed by atoms with Crippen LogP contribution < -0.4 is 5.73 Å². The topological polar surface area (TPSA) is 64.7 Å². The van der Waals surface area contributed by atoms with Gasteiger partial charge in [0.1, 0.15) is 0 Å². The number of hydrogen-bond donors (Lipinski definition) is 1. The number of nitrogens with two attached hydrogens (primary N) is 1. The predicted octanol–water partition coefficient (Wildman–Crippen LogP) is 0.788. The Bertz CT molecular complexity index is 197. The second-order valence-corrected chi connectivity index (χ2v) is 2.05. The first kappa shape index (κ1) is 9.68. The summed E-state index contributed by atoms with van der Waals surface area (Å²) in [5.41, 5.74) is 5.76. The van der Waals surface area contributed by atoms with Gasteiger partial charge in [-0.15, -0.1) is 0 Å². The second kappa shape index (κ2) is 4.49. The molecule has 0 heterocycles. The first-order valence-corrected chi connectivity index (χ1v) is 3.26. The van der Waals surface area contributed by atoms with Crippen molar-refractivity contribution in [3.63, 3.8) is 0 Å². The molecule has 0 saturated carbocycles. The van der Waals surface area contributed by atoms with E-state index in [1.165, 1.54) is 0 Å². The molecule has 0 aromatic rings. The van der Waals surface area contributed by atoms with E-state index < -0.39 is 5.91 Å². The molecule has 4 heteroatoms. The molecule has 0 rings (SSSR count). The number of primary amides is 1. The van der Waals surface area contributed by atoms with Gasteiger partial charge < -0.3 is 10.6 Å². The molecule has 0 saturated heterocycles. The second-order valence-electron chi connectivity index (χ2n) is 2.05. The van der Waals surface area contributed by atoms with Crippen molar-refractivity contribution in [2.45, 2.75) is 20.3 Å². The summed E-state index contributed by atoms with van der Waals surface area (Å²) >= 11 is 0. The highest BCUT2D eigenvalue weighted by atomic mass is 16.6. The Morgan fingerprint density at radius 2 is 2.27 bits per heavy atom. The minimum absolute atomic E-state index is 0.0856. The van der Waals surface area contributed by atoms with Crippen molar-refractivity contribution in [1.82, 2.24) is 0 Å². The third-order valence-electron chi connectivity index (χ3n) is 1.30. The van der Waals surface area contributed by atoms with Crippen molar-refractivity contribution in [2.75, 3.05) is 0 Å². The molecule has 0 radical (unpaired) electrons. The number of oxime groups is 1. The van der Waals surface area contributed by atoms with Crippen LogP contribution in [0.4, 0.5) is 0 Å². The molecule has 11 heavy (non-hydrogen) atoms. The van der Waals surface area contributed by atoms with E-state index in [0.717, 1.165) is 5.57 Å². The Balaban J connectivity index is 4.56. The minimum Gasteiger partial charge on any atom is -0.363 e. The number of rotatable bonds is 4. The Morgan fingerprint density at radius 3 is 2.55 bits per heavy atom. The number of allylic oxidation sites excluding steroid dienone is 1. The van der Waals surface area contributed by atoms with Crippen molar-refractivity contribution in [3.05, 3.63) is 11.3 Å². The van der Waals surface area contributed by atoms with Gasteiger partial charge in [-0.05, 0) is 18.9 Å². The third kappa shape index (κ3) is 2.84. The summed E-state index contributed by atoms with van der Waals surface area (Å²) in [6.07, 6.45) is 0.702. The van der Waals surface area contributed by atoms with E-state index in [1.807, 2.05) is 6.92 Å². The van der Waals surface area contributed by atoms with Gasteiger partial charge in [0.2, 0.25) is 5.76 Å². The van der Waals surface area contributed by atoms with Crippen molar-refractivity contribution >= 4 is 12.6 Å². The molecule has 0 fully saturated rings. The quantitative estimate of drug-likeness (QED) is 0.283. The van der Waals surface area contributed by atoms with Gasteiger partial charge >= 0.3 is 0 Å². The van der Waals surface area contributed by atoms with Gasteiger partial charge in [0, 0.05) is 6.72 Å². The molecule has 0 aromatic heterocycles. The standard InChI is InChI=1S/C7H12N2O2/c1-4-5(2)6(7(8)10)11-9-3/h3-4H2,1-2H3,(H2,8,10). The lowest BCUT2D eigenvalue weighted by Gasteiger charge is -2.02. The lowest BCUT2D eigenvalue weighted by molar-refractivity contribution is -0.118. The van der Waals surface area contributed by atoms with Crippen LogP contribution in [0.2, 0.25) is 0 Å². The van der Waals surface area contributed by atoms with Crippen LogP contribution in [-0.2, 0) is 9.63 Å². The van der Waals surface area contributed by atoms with E-state index in [4.69, 9.17) is 5.73 Å². The summed E-state index contributed by atoms with van der Waals surface area (Å²) in [7, 11) is 0. The zero-order chi connectivity index (χ0) is 8.85. The molecule has 2 N–H and O–H groups in total. The third-order valence-corrected chi connectivity index (χ3v) is 1.30. The Kier molecular flexibility index (Phi) is 3.95. The Morgan fingerprint density at radius 1 is 1.73 bits per heavy atom. The Labute approximate surface area is 65.7 Å². The van der Waals surface area contributed by atoms with E-state index in [1.54, 1.807) is 6.92 Å². The first-order chi connectivity index (χ1) is 5.13. The smallest absolute Gasteiger partial charge is 0.287 e. The SMILES string of the molecule is C=NOC(C(N)=O)=C(C)CC. The molecular formula is C7H12N2O2. The van der Waals surface area contributed by atoms with Gasteiger partial charge in [-0.3, -0.25) is 4.79 Å². The summed E-state index contributed by atoms with van der Waals surface area (Å²) in [4.78, 5) is 15.2. The molecule has 0 spiro atoms. The Hall–Kier alpha value is -1.32. The minimum atomic E-state index is -0.614. The van der Waals surface area contributed by atoms with Crippen LogP contribution in [0.15, 0.2) is 16.5 Å². The van der Waals surface area contributed by atoms with Crippen molar-refractivity contribution in [1.29, 1.82) is 0 Å². The average molecular weight is 156 g/mol. The van der Waals surface area contributed by atoms with Gasteiger partial charge in [-0.2, -0.15) is 0 Å².